The average molecular weight is 287 g/mol. The maximum absolute atomic E-state index is 12.8. The molecule has 2 N–H and O–H groups in total. The van der Waals surface area contributed by atoms with E-state index in [0.29, 0.717) is 10.8 Å². The second-order valence-corrected chi connectivity index (χ2v) is 4.54. The van der Waals surface area contributed by atoms with Gasteiger partial charge >= 0.3 is 0 Å². The molecule has 0 saturated heterocycles. The number of hydrogen-bond acceptors (Lipinski definition) is 2. The van der Waals surface area contributed by atoms with Gasteiger partial charge in [-0.2, -0.15) is 5.10 Å². The molecule has 0 unspecified atom stereocenters. The summed E-state index contributed by atoms with van der Waals surface area (Å²) in [4.78, 5) is 0. The molecule has 0 aliphatic carbocycles. The molecule has 5 heteroatoms. The molecular formula is C15H14FN3S. The Hall–Kier alpha value is -2.27. The Morgan fingerprint density at radius 2 is 1.70 bits per heavy atom. The highest BCUT2D eigenvalue weighted by atomic mass is 32.1. The van der Waals surface area contributed by atoms with Gasteiger partial charge in [0.15, 0.2) is 5.11 Å². The van der Waals surface area contributed by atoms with Crippen molar-refractivity contribution in [1.82, 2.24) is 5.43 Å². The topological polar surface area (TPSA) is 36.4 Å². The van der Waals surface area contributed by atoms with Crippen molar-refractivity contribution in [2.75, 3.05) is 5.32 Å². The lowest BCUT2D eigenvalue weighted by Gasteiger charge is -2.08. The number of nitrogens with zero attached hydrogens (tertiary/aromatic N) is 1. The van der Waals surface area contributed by atoms with Gasteiger partial charge < -0.3 is 5.32 Å². The van der Waals surface area contributed by atoms with E-state index in [1.165, 1.54) is 12.1 Å². The second-order valence-electron chi connectivity index (χ2n) is 4.14. The molecule has 0 fully saturated rings. The van der Waals surface area contributed by atoms with Crippen LogP contribution < -0.4 is 10.7 Å². The smallest absolute Gasteiger partial charge is 0.191 e. The zero-order valence-electron chi connectivity index (χ0n) is 10.9. The number of hydrogen-bond donors (Lipinski definition) is 2. The van der Waals surface area contributed by atoms with Gasteiger partial charge in [-0.25, -0.2) is 4.39 Å². The summed E-state index contributed by atoms with van der Waals surface area (Å²) in [5.74, 6) is -0.285. The summed E-state index contributed by atoms with van der Waals surface area (Å²) in [6.07, 6.45) is 0. The second kappa shape index (κ2) is 6.77. The molecule has 2 rings (SSSR count). The Morgan fingerprint density at radius 1 is 1.05 bits per heavy atom. The Morgan fingerprint density at radius 3 is 2.35 bits per heavy atom. The molecule has 2 aromatic rings. The highest BCUT2D eigenvalue weighted by Gasteiger charge is 1.99. The number of rotatable bonds is 3. The quantitative estimate of drug-likeness (QED) is 0.515. The first kappa shape index (κ1) is 14.1. The highest BCUT2D eigenvalue weighted by Crippen LogP contribution is 2.07. The molecule has 0 spiro atoms. The van der Waals surface area contributed by atoms with Crippen LogP contribution in [0, 0.1) is 5.82 Å². The molecule has 0 heterocycles. The summed E-state index contributed by atoms with van der Waals surface area (Å²) in [5.41, 5.74) is 5.31. The minimum atomic E-state index is -0.285. The van der Waals surface area contributed by atoms with Crippen molar-refractivity contribution in [1.29, 1.82) is 0 Å². The van der Waals surface area contributed by atoms with Crippen LogP contribution in [0.5, 0.6) is 0 Å². The number of hydrazone groups is 1. The predicted octanol–water partition coefficient (Wildman–Crippen LogP) is 3.54. The van der Waals surface area contributed by atoms with Crippen molar-refractivity contribution in [3.05, 3.63) is 66.0 Å². The Bertz CT molecular complexity index is 609. The van der Waals surface area contributed by atoms with Gasteiger partial charge in [0.2, 0.25) is 0 Å². The molecule has 0 atom stereocenters. The third-order valence-electron chi connectivity index (χ3n) is 2.62. The number of nitrogens with one attached hydrogen (secondary N) is 2. The van der Waals surface area contributed by atoms with Gasteiger partial charge in [-0.3, -0.25) is 5.43 Å². The fourth-order valence-electron chi connectivity index (χ4n) is 1.57. The lowest BCUT2D eigenvalue weighted by atomic mass is 10.1. The molecule has 0 saturated carbocycles. The Labute approximate surface area is 122 Å². The maximum Gasteiger partial charge on any atom is 0.191 e. The van der Waals surface area contributed by atoms with Crippen LogP contribution in [0.3, 0.4) is 0 Å². The lowest BCUT2D eigenvalue weighted by molar-refractivity contribution is 0.628. The fraction of sp³-hybridized carbons (Fsp3) is 0.0667. The number of halogens is 1. The zero-order valence-corrected chi connectivity index (χ0v) is 11.7. The minimum absolute atomic E-state index is 0.285. The van der Waals surface area contributed by atoms with Gasteiger partial charge in [-0.15, -0.1) is 0 Å². The SMILES string of the molecule is C/C(=N\NC(=S)Nc1ccc(F)cc1)c1ccccc1. The predicted molar refractivity (Wildman–Crippen MR) is 84.4 cm³/mol. The van der Waals surface area contributed by atoms with Crippen molar-refractivity contribution < 1.29 is 4.39 Å². The summed E-state index contributed by atoms with van der Waals surface area (Å²) in [6, 6.07) is 15.7. The number of benzene rings is 2. The molecule has 2 aromatic carbocycles. The lowest BCUT2D eigenvalue weighted by Crippen LogP contribution is -2.24. The number of thiocarbonyl (C=S) groups is 1. The van der Waals surface area contributed by atoms with E-state index in [-0.39, 0.29) is 5.82 Å². The van der Waals surface area contributed by atoms with E-state index in [1.807, 2.05) is 37.3 Å². The van der Waals surface area contributed by atoms with Gasteiger partial charge in [-0.05, 0) is 49.0 Å². The van der Waals surface area contributed by atoms with Crippen LogP contribution in [0.1, 0.15) is 12.5 Å². The standard InChI is InChI=1S/C15H14FN3S/c1-11(12-5-3-2-4-6-12)18-19-15(20)17-14-9-7-13(16)8-10-14/h2-10H,1H3,(H2,17,19,20)/b18-11+. The van der Waals surface area contributed by atoms with Crippen LogP contribution in [0.15, 0.2) is 59.7 Å². The highest BCUT2D eigenvalue weighted by molar-refractivity contribution is 7.80. The van der Waals surface area contributed by atoms with E-state index < -0.39 is 0 Å². The summed E-state index contributed by atoms with van der Waals surface area (Å²) in [6.45, 7) is 1.89. The van der Waals surface area contributed by atoms with Crippen LogP contribution in [0.25, 0.3) is 0 Å². The van der Waals surface area contributed by atoms with Gasteiger partial charge in [0, 0.05) is 5.69 Å². The molecular weight excluding hydrogens is 273 g/mol. The zero-order chi connectivity index (χ0) is 14.4. The molecule has 0 aliphatic heterocycles. The molecule has 0 radical (unpaired) electrons. The van der Waals surface area contributed by atoms with Crippen LogP contribution >= 0.6 is 12.2 Å². The Kier molecular flexibility index (Phi) is 4.79. The van der Waals surface area contributed by atoms with Gasteiger partial charge in [0.1, 0.15) is 5.82 Å². The van der Waals surface area contributed by atoms with Crippen LogP contribution in [-0.4, -0.2) is 10.8 Å². The van der Waals surface area contributed by atoms with Crippen LogP contribution in [0.2, 0.25) is 0 Å². The molecule has 0 aromatic heterocycles. The first-order valence-electron chi connectivity index (χ1n) is 6.07. The Balaban J connectivity index is 1.93. The summed E-state index contributed by atoms with van der Waals surface area (Å²) in [5, 5.41) is 7.47. The van der Waals surface area contributed by atoms with E-state index in [9.17, 15) is 4.39 Å². The molecule has 20 heavy (non-hydrogen) atoms. The van der Waals surface area contributed by atoms with E-state index >= 15 is 0 Å². The van der Waals surface area contributed by atoms with Crippen molar-refractivity contribution in [2.45, 2.75) is 6.92 Å². The van der Waals surface area contributed by atoms with Crippen LogP contribution in [0.4, 0.5) is 10.1 Å². The molecule has 3 nitrogen and oxygen atoms in total. The van der Waals surface area contributed by atoms with Gasteiger partial charge in [0.05, 0.1) is 5.71 Å². The average Bonchev–Trinajstić information content (AvgIpc) is 2.48. The van der Waals surface area contributed by atoms with E-state index in [4.69, 9.17) is 12.2 Å². The van der Waals surface area contributed by atoms with Gasteiger partial charge in [-0.1, -0.05) is 30.3 Å². The third kappa shape index (κ3) is 4.13. The summed E-state index contributed by atoms with van der Waals surface area (Å²) >= 11 is 5.11. The first-order chi connectivity index (χ1) is 9.65. The van der Waals surface area contributed by atoms with Crippen molar-refractivity contribution >= 4 is 28.7 Å². The normalized spacial score (nSPS) is 11.0. The van der Waals surface area contributed by atoms with E-state index in [0.717, 1.165) is 11.3 Å². The van der Waals surface area contributed by atoms with Crippen molar-refractivity contribution in [2.24, 2.45) is 5.10 Å². The van der Waals surface area contributed by atoms with E-state index in [1.54, 1.807) is 12.1 Å². The fourth-order valence-corrected chi connectivity index (χ4v) is 1.73. The van der Waals surface area contributed by atoms with E-state index in [2.05, 4.69) is 15.8 Å². The largest absolute Gasteiger partial charge is 0.331 e. The maximum atomic E-state index is 12.8. The van der Waals surface area contributed by atoms with Gasteiger partial charge in [0.25, 0.3) is 0 Å². The van der Waals surface area contributed by atoms with Crippen LogP contribution in [-0.2, 0) is 0 Å². The molecule has 0 aliphatic rings. The molecule has 0 amide bonds. The number of anilines is 1. The summed E-state index contributed by atoms with van der Waals surface area (Å²) < 4.78 is 12.8. The minimum Gasteiger partial charge on any atom is -0.331 e. The van der Waals surface area contributed by atoms with Crippen molar-refractivity contribution in [3.63, 3.8) is 0 Å². The summed E-state index contributed by atoms with van der Waals surface area (Å²) in [7, 11) is 0. The first-order valence-corrected chi connectivity index (χ1v) is 6.48. The monoisotopic (exact) mass is 287 g/mol. The van der Waals surface area contributed by atoms with Crippen molar-refractivity contribution in [3.8, 4) is 0 Å². The third-order valence-corrected chi connectivity index (χ3v) is 2.81. The molecule has 102 valence electrons. The molecule has 0 bridgehead atoms.